The highest BCUT2D eigenvalue weighted by atomic mass is 35.5. The van der Waals surface area contributed by atoms with Crippen LogP contribution < -0.4 is 10.1 Å². The summed E-state index contributed by atoms with van der Waals surface area (Å²) in [7, 11) is 0. The van der Waals surface area contributed by atoms with Crippen LogP contribution >= 0.6 is 11.6 Å². The van der Waals surface area contributed by atoms with Gasteiger partial charge in [-0.15, -0.1) is 5.10 Å². The Morgan fingerprint density at radius 2 is 1.81 bits per heavy atom. The normalized spacial score (nSPS) is 14.8. The van der Waals surface area contributed by atoms with E-state index in [1.165, 1.54) is 12.8 Å². The van der Waals surface area contributed by atoms with Crippen molar-refractivity contribution in [2.75, 3.05) is 6.61 Å². The third-order valence-corrected chi connectivity index (χ3v) is 8.14. The average Bonchev–Trinajstić information content (AvgIpc) is 3.57. The van der Waals surface area contributed by atoms with Gasteiger partial charge in [0.05, 0.1) is 18.3 Å². The van der Waals surface area contributed by atoms with E-state index in [1.807, 2.05) is 72.8 Å². The largest absolute Gasteiger partial charge is 0.489 e. The molecule has 0 saturated heterocycles. The molecule has 1 unspecified atom stereocenters. The Morgan fingerprint density at radius 1 is 1.05 bits per heavy atom. The van der Waals surface area contributed by atoms with Crippen molar-refractivity contribution in [2.24, 2.45) is 0 Å². The molecule has 0 spiro atoms. The van der Waals surface area contributed by atoms with Crippen molar-refractivity contribution in [3.63, 3.8) is 0 Å². The van der Waals surface area contributed by atoms with Crippen LogP contribution in [0.2, 0.25) is 5.02 Å². The zero-order valence-electron chi connectivity index (χ0n) is 24.1. The summed E-state index contributed by atoms with van der Waals surface area (Å²) in [5, 5.41) is 18.3. The molecule has 9 nitrogen and oxygen atoms in total. The highest BCUT2D eigenvalue weighted by Crippen LogP contribution is 2.35. The first-order chi connectivity index (χ1) is 21.1. The molecular weight excluding hydrogens is 564 g/mol. The summed E-state index contributed by atoms with van der Waals surface area (Å²) in [6, 6.07) is 23.1. The molecule has 3 aromatic carbocycles. The van der Waals surface area contributed by atoms with Gasteiger partial charge in [0.15, 0.2) is 5.82 Å². The molecule has 2 N–H and O–H groups in total. The van der Waals surface area contributed by atoms with Gasteiger partial charge in [0, 0.05) is 27.5 Å². The maximum Gasteiger partial charge on any atom is 0.355 e. The van der Waals surface area contributed by atoms with Crippen LogP contribution in [0, 0.1) is 0 Å². The summed E-state index contributed by atoms with van der Waals surface area (Å²) in [5.74, 6) is 0.883. The highest BCUT2D eigenvalue weighted by Gasteiger charge is 2.32. The summed E-state index contributed by atoms with van der Waals surface area (Å²) in [6.07, 6.45) is 6.81. The van der Waals surface area contributed by atoms with Crippen molar-refractivity contribution >= 4 is 28.5 Å². The number of halogens is 1. The van der Waals surface area contributed by atoms with Crippen molar-refractivity contribution in [1.29, 1.82) is 0 Å². The number of ether oxygens (including phenoxy) is 2. The number of fused-ring (bicyclic) bond motifs is 1. The fraction of sp³-hybridized carbons (Fsp3) is 0.333. The minimum atomic E-state index is -0.499. The first kappa shape index (κ1) is 28.9. The molecule has 222 valence electrons. The Bertz CT molecular complexity index is 1660. The number of aromatic nitrogens is 5. The van der Waals surface area contributed by atoms with Gasteiger partial charge in [-0.3, -0.25) is 0 Å². The van der Waals surface area contributed by atoms with Crippen LogP contribution in [0.3, 0.4) is 0 Å². The van der Waals surface area contributed by atoms with E-state index >= 15 is 0 Å². The summed E-state index contributed by atoms with van der Waals surface area (Å²) in [6.45, 7) is 2.53. The number of carbonyl (C=O) groups excluding carboxylic acids is 1. The van der Waals surface area contributed by atoms with E-state index in [2.05, 4.69) is 25.8 Å². The number of nitrogens with one attached hydrogen (secondary N) is 2. The predicted octanol–water partition coefficient (Wildman–Crippen LogP) is 6.95. The molecule has 6 rings (SSSR count). The van der Waals surface area contributed by atoms with E-state index in [0.717, 1.165) is 59.2 Å². The molecule has 2 aromatic heterocycles. The lowest BCUT2D eigenvalue weighted by Gasteiger charge is -2.25. The van der Waals surface area contributed by atoms with Crippen molar-refractivity contribution in [3.05, 3.63) is 100 Å². The van der Waals surface area contributed by atoms with E-state index in [0.29, 0.717) is 23.1 Å². The molecule has 0 radical (unpaired) electrons. The van der Waals surface area contributed by atoms with Gasteiger partial charge in [0.2, 0.25) is 0 Å². The van der Waals surface area contributed by atoms with Gasteiger partial charge in [-0.05, 0) is 72.2 Å². The van der Waals surface area contributed by atoms with Gasteiger partial charge in [0.25, 0.3) is 0 Å². The molecule has 0 aliphatic heterocycles. The van der Waals surface area contributed by atoms with E-state index in [-0.39, 0.29) is 12.6 Å². The van der Waals surface area contributed by atoms with Crippen LogP contribution in [0.15, 0.2) is 72.8 Å². The molecule has 43 heavy (non-hydrogen) atoms. The van der Waals surface area contributed by atoms with Crippen LogP contribution in [0.5, 0.6) is 5.75 Å². The summed E-state index contributed by atoms with van der Waals surface area (Å²) >= 11 is 6.35. The zero-order valence-corrected chi connectivity index (χ0v) is 24.9. The monoisotopic (exact) mass is 598 g/mol. The molecule has 1 atom stereocenters. The first-order valence-corrected chi connectivity index (χ1v) is 15.3. The van der Waals surface area contributed by atoms with E-state index in [4.69, 9.17) is 21.1 Å². The number of carbonyl (C=O) groups is 1. The number of benzene rings is 3. The van der Waals surface area contributed by atoms with Gasteiger partial charge in [-0.2, -0.15) is 4.68 Å². The van der Waals surface area contributed by atoms with Gasteiger partial charge in [-0.25, -0.2) is 4.79 Å². The maximum atomic E-state index is 13.3. The van der Waals surface area contributed by atoms with Gasteiger partial charge in [-0.1, -0.05) is 73.7 Å². The molecular formula is C33H35ClN6O3. The number of aromatic amines is 1. The fourth-order valence-corrected chi connectivity index (χ4v) is 5.98. The van der Waals surface area contributed by atoms with Crippen molar-refractivity contribution in [3.8, 4) is 11.4 Å². The van der Waals surface area contributed by atoms with E-state index in [1.54, 1.807) is 11.6 Å². The molecule has 2 heterocycles. The number of hydrogen-bond acceptors (Lipinski definition) is 7. The van der Waals surface area contributed by atoms with Crippen LogP contribution in [0.1, 0.15) is 78.9 Å². The molecule has 10 heteroatoms. The number of hydrogen-bond donors (Lipinski definition) is 2. The smallest absolute Gasteiger partial charge is 0.355 e. The van der Waals surface area contributed by atoms with Crippen molar-refractivity contribution < 1.29 is 14.3 Å². The zero-order chi connectivity index (χ0) is 29.6. The number of esters is 1. The molecule has 1 aliphatic carbocycles. The Morgan fingerprint density at radius 3 is 2.56 bits per heavy atom. The molecule has 1 saturated carbocycles. The molecule has 1 fully saturated rings. The average molecular weight is 599 g/mol. The second-order valence-corrected chi connectivity index (χ2v) is 11.3. The van der Waals surface area contributed by atoms with Gasteiger partial charge >= 0.3 is 5.97 Å². The fourth-order valence-electron chi connectivity index (χ4n) is 5.81. The second-order valence-electron chi connectivity index (χ2n) is 10.8. The summed E-state index contributed by atoms with van der Waals surface area (Å²) in [5.41, 5.74) is 3.73. The Hall–Kier alpha value is -4.21. The van der Waals surface area contributed by atoms with Crippen molar-refractivity contribution in [1.82, 2.24) is 30.5 Å². The molecule has 0 amide bonds. The predicted molar refractivity (Wildman–Crippen MR) is 166 cm³/mol. The van der Waals surface area contributed by atoms with E-state index in [9.17, 15) is 4.79 Å². The third-order valence-electron chi connectivity index (χ3n) is 7.91. The lowest BCUT2D eigenvalue weighted by Crippen LogP contribution is -2.35. The first-order valence-electron chi connectivity index (χ1n) is 14.9. The topological polar surface area (TPSA) is 107 Å². The van der Waals surface area contributed by atoms with E-state index < -0.39 is 12.0 Å². The number of rotatable bonds is 10. The van der Waals surface area contributed by atoms with Crippen LogP contribution in [0.4, 0.5) is 0 Å². The summed E-state index contributed by atoms with van der Waals surface area (Å²) < 4.78 is 13.2. The molecule has 0 bridgehead atoms. The SMILES string of the molecule is CCOC(=O)c1[nH]c2cc(Cl)ccc2c1C(NC1CCCCCC1)c1nnnn1-c1ccc(OCc2ccccc2)cc1. The number of nitrogens with zero attached hydrogens (tertiary/aromatic N) is 4. The maximum absolute atomic E-state index is 13.3. The van der Waals surface area contributed by atoms with Gasteiger partial charge < -0.3 is 19.8 Å². The molecule has 1 aliphatic rings. The molecule has 5 aromatic rings. The Balaban J connectivity index is 1.39. The quantitative estimate of drug-likeness (QED) is 0.132. The standard InChI is InChI=1S/C33H35ClN6O3/c1-2-42-33(41)31-29(27-19-14-23(34)20-28(27)36-31)30(35-24-12-8-3-4-9-13-24)32-37-38-39-40(32)25-15-17-26(18-16-25)43-21-22-10-6-5-7-11-22/h5-7,10-11,14-20,24,30,35-36H,2-4,8-9,12-13,21H2,1H3. The minimum absolute atomic E-state index is 0.235. The lowest BCUT2D eigenvalue weighted by molar-refractivity contribution is 0.0518. The van der Waals surface area contributed by atoms with Crippen LogP contribution in [0.25, 0.3) is 16.6 Å². The van der Waals surface area contributed by atoms with Crippen LogP contribution in [-0.4, -0.2) is 43.8 Å². The highest BCUT2D eigenvalue weighted by molar-refractivity contribution is 6.31. The lowest BCUT2D eigenvalue weighted by atomic mass is 9.98. The Kier molecular flexibility index (Phi) is 9.00. The number of tetrazole rings is 1. The van der Waals surface area contributed by atoms with Crippen molar-refractivity contribution in [2.45, 2.75) is 64.1 Å². The number of H-pyrrole nitrogens is 1. The van der Waals surface area contributed by atoms with Crippen LogP contribution in [-0.2, 0) is 11.3 Å². The Labute approximate surface area is 255 Å². The summed E-state index contributed by atoms with van der Waals surface area (Å²) in [4.78, 5) is 16.6. The van der Waals surface area contributed by atoms with Gasteiger partial charge in [0.1, 0.15) is 18.1 Å². The second kappa shape index (κ2) is 13.4. The minimum Gasteiger partial charge on any atom is -0.489 e. The third kappa shape index (κ3) is 6.58.